The van der Waals surface area contributed by atoms with Crippen molar-refractivity contribution in [3.8, 4) is 0 Å². The fourth-order valence-electron chi connectivity index (χ4n) is 2.11. The summed E-state index contributed by atoms with van der Waals surface area (Å²) in [7, 11) is 0. The Morgan fingerprint density at radius 2 is 2.24 bits per heavy atom. The van der Waals surface area contributed by atoms with Gasteiger partial charge in [0, 0.05) is 17.5 Å². The molecule has 2 rings (SSSR count). The minimum absolute atomic E-state index is 0.437. The van der Waals surface area contributed by atoms with Gasteiger partial charge in [-0.2, -0.15) is 0 Å². The molecule has 1 aliphatic carbocycles. The standard InChI is InChI=1S/C15H25NS/c1-12(2)15(3,11-16-13-6-7-13)9-8-14-5-4-10-17-14/h4-5,10,12-13,16H,6-9,11H2,1-3H3. The lowest BCUT2D eigenvalue weighted by Crippen LogP contribution is -2.37. The third kappa shape index (κ3) is 3.82. The Kier molecular flexibility index (Phi) is 4.26. The molecule has 0 spiro atoms. The minimum atomic E-state index is 0.437. The van der Waals surface area contributed by atoms with Crippen molar-refractivity contribution in [1.29, 1.82) is 0 Å². The number of rotatable bonds is 7. The van der Waals surface area contributed by atoms with Gasteiger partial charge in [0.25, 0.3) is 0 Å². The van der Waals surface area contributed by atoms with E-state index in [1.807, 2.05) is 11.3 Å². The van der Waals surface area contributed by atoms with E-state index in [0.717, 1.165) is 12.0 Å². The van der Waals surface area contributed by atoms with E-state index in [0.29, 0.717) is 5.41 Å². The Morgan fingerprint density at radius 1 is 1.47 bits per heavy atom. The molecule has 1 saturated carbocycles. The summed E-state index contributed by atoms with van der Waals surface area (Å²) in [5.41, 5.74) is 0.437. The molecule has 1 fully saturated rings. The average molecular weight is 251 g/mol. The minimum Gasteiger partial charge on any atom is -0.313 e. The van der Waals surface area contributed by atoms with Crippen molar-refractivity contribution in [3.63, 3.8) is 0 Å². The van der Waals surface area contributed by atoms with Crippen LogP contribution < -0.4 is 5.32 Å². The van der Waals surface area contributed by atoms with Gasteiger partial charge in [0.2, 0.25) is 0 Å². The Balaban J connectivity index is 1.85. The molecule has 1 aromatic heterocycles. The quantitative estimate of drug-likeness (QED) is 0.769. The van der Waals surface area contributed by atoms with Crippen LogP contribution in [-0.4, -0.2) is 12.6 Å². The molecular weight excluding hydrogens is 226 g/mol. The van der Waals surface area contributed by atoms with E-state index in [2.05, 4.69) is 43.6 Å². The van der Waals surface area contributed by atoms with Crippen LogP contribution in [0.1, 0.15) is 44.9 Å². The third-order valence-corrected chi connectivity index (χ3v) is 5.22. The van der Waals surface area contributed by atoms with Crippen LogP contribution in [-0.2, 0) is 6.42 Å². The fourth-order valence-corrected chi connectivity index (χ4v) is 2.82. The van der Waals surface area contributed by atoms with Crippen LogP contribution in [0.25, 0.3) is 0 Å². The number of hydrogen-bond acceptors (Lipinski definition) is 2. The van der Waals surface area contributed by atoms with Gasteiger partial charge in [-0.3, -0.25) is 0 Å². The summed E-state index contributed by atoms with van der Waals surface area (Å²) in [5.74, 6) is 0.744. The van der Waals surface area contributed by atoms with Gasteiger partial charge in [-0.05, 0) is 48.5 Å². The van der Waals surface area contributed by atoms with Crippen LogP contribution in [0.15, 0.2) is 17.5 Å². The zero-order chi connectivity index (χ0) is 12.3. The highest BCUT2D eigenvalue weighted by Crippen LogP contribution is 2.33. The first-order valence-electron chi connectivity index (χ1n) is 6.86. The fraction of sp³-hybridized carbons (Fsp3) is 0.733. The molecule has 1 heterocycles. The molecule has 0 aromatic carbocycles. The van der Waals surface area contributed by atoms with Crippen molar-refractivity contribution in [3.05, 3.63) is 22.4 Å². The molecule has 0 radical (unpaired) electrons. The first-order chi connectivity index (χ1) is 8.10. The molecule has 1 aromatic rings. The van der Waals surface area contributed by atoms with E-state index in [-0.39, 0.29) is 0 Å². The van der Waals surface area contributed by atoms with Gasteiger partial charge in [-0.1, -0.05) is 26.8 Å². The lowest BCUT2D eigenvalue weighted by molar-refractivity contribution is 0.191. The zero-order valence-electron chi connectivity index (χ0n) is 11.3. The number of hydrogen-bond donors (Lipinski definition) is 1. The smallest absolute Gasteiger partial charge is 0.00684 e. The van der Waals surface area contributed by atoms with E-state index in [9.17, 15) is 0 Å². The Bertz CT molecular complexity index is 327. The zero-order valence-corrected chi connectivity index (χ0v) is 12.1. The Morgan fingerprint density at radius 3 is 2.76 bits per heavy atom. The Hall–Kier alpha value is -0.340. The monoisotopic (exact) mass is 251 g/mol. The van der Waals surface area contributed by atoms with Crippen LogP contribution >= 0.6 is 11.3 Å². The van der Waals surface area contributed by atoms with Crippen molar-refractivity contribution < 1.29 is 0 Å². The molecule has 0 bridgehead atoms. The first-order valence-corrected chi connectivity index (χ1v) is 7.74. The second kappa shape index (κ2) is 5.53. The molecule has 2 heteroatoms. The summed E-state index contributed by atoms with van der Waals surface area (Å²) < 4.78 is 0. The average Bonchev–Trinajstić information content (AvgIpc) is 2.98. The van der Waals surface area contributed by atoms with Crippen LogP contribution in [0.3, 0.4) is 0 Å². The van der Waals surface area contributed by atoms with Crippen LogP contribution in [0.2, 0.25) is 0 Å². The van der Waals surface area contributed by atoms with Crippen molar-refractivity contribution in [2.24, 2.45) is 11.3 Å². The van der Waals surface area contributed by atoms with E-state index in [4.69, 9.17) is 0 Å². The predicted molar refractivity (Wildman–Crippen MR) is 76.6 cm³/mol. The molecule has 1 atom stereocenters. The maximum absolute atomic E-state index is 3.71. The van der Waals surface area contributed by atoms with E-state index in [1.54, 1.807) is 0 Å². The van der Waals surface area contributed by atoms with Crippen LogP contribution in [0.5, 0.6) is 0 Å². The summed E-state index contributed by atoms with van der Waals surface area (Å²) in [6, 6.07) is 5.25. The molecule has 17 heavy (non-hydrogen) atoms. The normalized spacial score (nSPS) is 19.5. The van der Waals surface area contributed by atoms with Gasteiger partial charge in [0.15, 0.2) is 0 Å². The summed E-state index contributed by atoms with van der Waals surface area (Å²) in [6.45, 7) is 8.35. The molecule has 1 unspecified atom stereocenters. The topological polar surface area (TPSA) is 12.0 Å². The second-order valence-electron chi connectivity index (χ2n) is 6.04. The molecule has 1 aliphatic rings. The largest absolute Gasteiger partial charge is 0.313 e. The highest BCUT2D eigenvalue weighted by molar-refractivity contribution is 7.09. The van der Waals surface area contributed by atoms with Crippen LogP contribution in [0.4, 0.5) is 0 Å². The maximum Gasteiger partial charge on any atom is 0.00684 e. The number of aryl methyl sites for hydroxylation is 1. The highest BCUT2D eigenvalue weighted by Gasteiger charge is 2.31. The molecular formula is C15H25NS. The van der Waals surface area contributed by atoms with Crippen molar-refractivity contribution in [2.45, 2.75) is 52.5 Å². The number of nitrogens with one attached hydrogen (secondary N) is 1. The lowest BCUT2D eigenvalue weighted by Gasteiger charge is -2.34. The van der Waals surface area contributed by atoms with Gasteiger partial charge >= 0.3 is 0 Å². The van der Waals surface area contributed by atoms with Crippen molar-refractivity contribution in [2.75, 3.05) is 6.54 Å². The maximum atomic E-state index is 3.71. The molecule has 0 amide bonds. The summed E-state index contributed by atoms with van der Waals surface area (Å²) in [5, 5.41) is 5.90. The summed E-state index contributed by atoms with van der Waals surface area (Å²) in [6.07, 6.45) is 5.31. The number of thiophene rings is 1. The van der Waals surface area contributed by atoms with Gasteiger partial charge in [-0.25, -0.2) is 0 Å². The molecule has 0 saturated heterocycles. The van der Waals surface area contributed by atoms with Gasteiger partial charge < -0.3 is 5.32 Å². The predicted octanol–water partition coefficient (Wildman–Crippen LogP) is 4.10. The second-order valence-corrected chi connectivity index (χ2v) is 7.08. The van der Waals surface area contributed by atoms with Crippen molar-refractivity contribution >= 4 is 11.3 Å². The third-order valence-electron chi connectivity index (χ3n) is 4.29. The lowest BCUT2D eigenvalue weighted by atomic mass is 9.75. The first kappa shape index (κ1) is 13.1. The molecule has 96 valence electrons. The molecule has 1 N–H and O–H groups in total. The van der Waals surface area contributed by atoms with E-state index in [1.165, 1.54) is 37.1 Å². The highest BCUT2D eigenvalue weighted by atomic mass is 32.1. The van der Waals surface area contributed by atoms with Crippen molar-refractivity contribution in [1.82, 2.24) is 5.32 Å². The van der Waals surface area contributed by atoms with E-state index < -0.39 is 0 Å². The summed E-state index contributed by atoms with van der Waals surface area (Å²) in [4.78, 5) is 1.53. The van der Waals surface area contributed by atoms with Gasteiger partial charge in [0.1, 0.15) is 0 Å². The SMILES string of the molecule is CC(C)C(C)(CCc1cccs1)CNC1CC1. The Labute approximate surface area is 110 Å². The van der Waals surface area contributed by atoms with Gasteiger partial charge in [0.05, 0.1) is 0 Å². The molecule has 0 aliphatic heterocycles. The summed E-state index contributed by atoms with van der Waals surface area (Å²) >= 11 is 1.89. The van der Waals surface area contributed by atoms with Crippen LogP contribution in [0, 0.1) is 11.3 Å². The molecule has 1 nitrogen and oxygen atoms in total. The van der Waals surface area contributed by atoms with Gasteiger partial charge in [-0.15, -0.1) is 11.3 Å². The van der Waals surface area contributed by atoms with E-state index >= 15 is 0 Å².